The summed E-state index contributed by atoms with van der Waals surface area (Å²) in [6, 6.07) is 11.7. The van der Waals surface area contributed by atoms with E-state index in [1.165, 1.54) is 0 Å². The first-order valence-electron chi connectivity index (χ1n) is 10.5. The van der Waals surface area contributed by atoms with Gasteiger partial charge in [0.15, 0.2) is 27.0 Å². The molecule has 2 aromatic carbocycles. The van der Waals surface area contributed by atoms with Crippen molar-refractivity contribution in [2.75, 3.05) is 13.2 Å². The summed E-state index contributed by atoms with van der Waals surface area (Å²) in [5.74, 6) is -0.598. The van der Waals surface area contributed by atoms with Crippen molar-refractivity contribution in [2.45, 2.75) is 56.1 Å². The van der Waals surface area contributed by atoms with Gasteiger partial charge < -0.3 is 9.47 Å². The number of Topliss-reactive ketones (excluding diaryl/α,β-unsaturated/α-hetero) is 1. The summed E-state index contributed by atoms with van der Waals surface area (Å²) in [6.45, 7) is 5.41. The van der Waals surface area contributed by atoms with Crippen LogP contribution in [0.4, 0.5) is 0 Å². The lowest BCUT2D eigenvalue weighted by atomic mass is 10.1. The molecule has 3 rings (SSSR count). The molecule has 0 bridgehead atoms. The molecule has 0 unspecified atom stereocenters. The largest absolute Gasteiger partial charge is 0.494 e. The molecule has 0 spiro atoms. The Morgan fingerprint density at radius 2 is 1.65 bits per heavy atom. The molecule has 166 valence electrons. The van der Waals surface area contributed by atoms with Gasteiger partial charge in [-0.2, -0.15) is 0 Å². The van der Waals surface area contributed by atoms with E-state index in [1.54, 1.807) is 43.3 Å². The Kier molecular flexibility index (Phi) is 6.84. The third-order valence-electron chi connectivity index (χ3n) is 5.75. The lowest BCUT2D eigenvalue weighted by Crippen LogP contribution is -2.46. The number of hydrogen-bond donors (Lipinski definition) is 0. The zero-order valence-electron chi connectivity index (χ0n) is 18.1. The third-order valence-corrected chi connectivity index (χ3v) is 8.38. The second-order valence-corrected chi connectivity index (χ2v) is 10.2. The predicted molar refractivity (Wildman–Crippen MR) is 117 cm³/mol. The van der Waals surface area contributed by atoms with Gasteiger partial charge in [-0.05, 0) is 75.1 Å². The van der Waals surface area contributed by atoms with Crippen LogP contribution in [-0.2, 0) is 19.4 Å². The van der Waals surface area contributed by atoms with E-state index >= 15 is 0 Å². The normalized spacial score (nSPS) is 15.5. The highest BCUT2D eigenvalue weighted by molar-refractivity contribution is 7.93. The molecular formula is C24H28O6S. The number of rotatable bonds is 8. The summed E-state index contributed by atoms with van der Waals surface area (Å²) in [5.41, 5.74) is 1.76. The first-order chi connectivity index (χ1) is 14.7. The Hall–Kier alpha value is -2.67. The molecule has 31 heavy (non-hydrogen) atoms. The van der Waals surface area contributed by atoms with E-state index in [0.29, 0.717) is 36.3 Å². The van der Waals surface area contributed by atoms with Crippen LogP contribution in [-0.4, -0.2) is 38.1 Å². The van der Waals surface area contributed by atoms with Crippen molar-refractivity contribution in [3.8, 4) is 5.75 Å². The standard InChI is InChI=1S/C24H28O6S/c1-4-29-20-11-9-19(10-12-20)21(25)16-30-23(26)24(13-5-6-14-24)31(27,28)22-15-17(2)7-8-18(22)3/h7-12,15H,4-6,13-14,16H2,1-3H3. The van der Waals surface area contributed by atoms with Gasteiger partial charge in [-0.1, -0.05) is 25.0 Å². The molecule has 0 aliphatic heterocycles. The van der Waals surface area contributed by atoms with Crippen LogP contribution in [0.5, 0.6) is 5.75 Å². The summed E-state index contributed by atoms with van der Waals surface area (Å²) < 4.78 is 36.2. The van der Waals surface area contributed by atoms with Gasteiger partial charge in [0.2, 0.25) is 0 Å². The zero-order valence-corrected chi connectivity index (χ0v) is 19.0. The van der Waals surface area contributed by atoms with Crippen LogP contribution in [0.2, 0.25) is 0 Å². The van der Waals surface area contributed by atoms with E-state index in [4.69, 9.17) is 9.47 Å². The number of hydrogen-bond acceptors (Lipinski definition) is 6. The number of carbonyl (C=O) groups is 2. The van der Waals surface area contributed by atoms with Crippen molar-refractivity contribution in [2.24, 2.45) is 0 Å². The summed E-state index contributed by atoms with van der Waals surface area (Å²) >= 11 is 0. The summed E-state index contributed by atoms with van der Waals surface area (Å²) in [4.78, 5) is 25.7. The van der Waals surface area contributed by atoms with Crippen molar-refractivity contribution in [3.05, 3.63) is 59.2 Å². The first kappa shape index (κ1) is 23.0. The van der Waals surface area contributed by atoms with E-state index in [1.807, 2.05) is 19.9 Å². The maximum atomic E-state index is 13.6. The van der Waals surface area contributed by atoms with Gasteiger partial charge in [0.25, 0.3) is 0 Å². The van der Waals surface area contributed by atoms with Crippen LogP contribution in [0, 0.1) is 13.8 Å². The van der Waals surface area contributed by atoms with E-state index in [0.717, 1.165) is 5.56 Å². The lowest BCUT2D eigenvalue weighted by molar-refractivity contribution is -0.145. The monoisotopic (exact) mass is 444 g/mol. The van der Waals surface area contributed by atoms with Gasteiger partial charge >= 0.3 is 5.97 Å². The molecular weight excluding hydrogens is 416 g/mol. The van der Waals surface area contributed by atoms with Gasteiger partial charge in [0.05, 0.1) is 11.5 Å². The number of aryl methyl sites for hydroxylation is 2. The summed E-state index contributed by atoms with van der Waals surface area (Å²) in [7, 11) is -3.98. The number of ether oxygens (including phenoxy) is 2. The molecule has 6 nitrogen and oxygen atoms in total. The van der Waals surface area contributed by atoms with Crippen molar-refractivity contribution in [1.82, 2.24) is 0 Å². The Balaban J connectivity index is 1.80. The van der Waals surface area contributed by atoms with Crippen molar-refractivity contribution in [1.29, 1.82) is 0 Å². The SMILES string of the molecule is CCOc1ccc(C(=O)COC(=O)C2(S(=O)(=O)c3cc(C)ccc3C)CCCC2)cc1. The number of sulfone groups is 1. The molecule has 1 saturated carbocycles. The molecule has 1 fully saturated rings. The molecule has 0 saturated heterocycles. The minimum absolute atomic E-state index is 0.157. The minimum Gasteiger partial charge on any atom is -0.494 e. The van der Waals surface area contributed by atoms with E-state index in [9.17, 15) is 18.0 Å². The van der Waals surface area contributed by atoms with Crippen molar-refractivity contribution >= 4 is 21.6 Å². The molecule has 0 heterocycles. The van der Waals surface area contributed by atoms with Crippen LogP contribution in [0.25, 0.3) is 0 Å². The number of ketones is 1. The third kappa shape index (κ3) is 4.51. The zero-order chi connectivity index (χ0) is 22.6. The first-order valence-corrected chi connectivity index (χ1v) is 11.9. The van der Waals surface area contributed by atoms with Gasteiger partial charge in [-0.15, -0.1) is 0 Å². The molecule has 2 aromatic rings. The fraction of sp³-hybridized carbons (Fsp3) is 0.417. The van der Waals surface area contributed by atoms with Gasteiger partial charge in [-0.3, -0.25) is 9.59 Å². The smallest absolute Gasteiger partial charge is 0.328 e. The van der Waals surface area contributed by atoms with Crippen molar-refractivity contribution in [3.63, 3.8) is 0 Å². The average Bonchev–Trinajstić information content (AvgIpc) is 3.26. The fourth-order valence-electron chi connectivity index (χ4n) is 3.99. The quantitative estimate of drug-likeness (QED) is 0.448. The van der Waals surface area contributed by atoms with Gasteiger partial charge in [0.1, 0.15) is 5.75 Å². The molecule has 0 amide bonds. The number of benzene rings is 2. The predicted octanol–water partition coefficient (Wildman–Crippen LogP) is 4.21. The van der Waals surface area contributed by atoms with E-state index in [2.05, 4.69) is 0 Å². The van der Waals surface area contributed by atoms with Gasteiger partial charge in [0, 0.05) is 5.56 Å². The number of carbonyl (C=O) groups excluding carboxylic acids is 2. The van der Waals surface area contributed by atoms with Crippen LogP contribution >= 0.6 is 0 Å². The lowest BCUT2D eigenvalue weighted by Gasteiger charge is -2.27. The maximum absolute atomic E-state index is 13.6. The molecule has 1 aliphatic carbocycles. The number of esters is 1. The molecule has 1 aliphatic rings. The van der Waals surface area contributed by atoms with E-state index < -0.39 is 32.9 Å². The minimum atomic E-state index is -3.98. The highest BCUT2D eigenvalue weighted by atomic mass is 32.2. The van der Waals surface area contributed by atoms with Crippen LogP contribution < -0.4 is 4.74 Å². The van der Waals surface area contributed by atoms with Crippen molar-refractivity contribution < 1.29 is 27.5 Å². The summed E-state index contributed by atoms with van der Waals surface area (Å²) in [6.07, 6.45) is 1.62. The second-order valence-electron chi connectivity index (χ2n) is 7.93. The van der Waals surface area contributed by atoms with Crippen LogP contribution in [0.15, 0.2) is 47.4 Å². The van der Waals surface area contributed by atoms with E-state index in [-0.39, 0.29) is 17.7 Å². The summed E-state index contributed by atoms with van der Waals surface area (Å²) in [5, 5.41) is 0. The highest BCUT2D eigenvalue weighted by Crippen LogP contribution is 2.42. The molecule has 0 atom stereocenters. The Labute approximate surface area is 183 Å². The van der Waals surface area contributed by atoms with Gasteiger partial charge in [-0.25, -0.2) is 8.42 Å². The molecule has 0 radical (unpaired) electrons. The fourth-order valence-corrected chi connectivity index (χ4v) is 6.34. The Morgan fingerprint density at radius 3 is 2.26 bits per heavy atom. The molecule has 7 heteroatoms. The van der Waals surface area contributed by atoms with Crippen LogP contribution in [0.1, 0.15) is 54.1 Å². The average molecular weight is 445 g/mol. The second kappa shape index (κ2) is 9.22. The molecule has 0 N–H and O–H groups in total. The maximum Gasteiger partial charge on any atom is 0.328 e. The topological polar surface area (TPSA) is 86.7 Å². The van der Waals surface area contributed by atoms with Crippen LogP contribution in [0.3, 0.4) is 0 Å². The highest BCUT2D eigenvalue weighted by Gasteiger charge is 2.54. The molecule has 0 aromatic heterocycles. The Morgan fingerprint density at radius 1 is 1.00 bits per heavy atom. The Bertz CT molecular complexity index is 1060.